The summed E-state index contributed by atoms with van der Waals surface area (Å²) in [6.07, 6.45) is 3.67. The molecule has 2 bridgehead atoms. The zero-order valence-corrected chi connectivity index (χ0v) is 10.1. The first kappa shape index (κ1) is 10.5. The van der Waals surface area contributed by atoms with Crippen LogP contribution in [0.3, 0.4) is 0 Å². The van der Waals surface area contributed by atoms with Gasteiger partial charge in [-0.1, -0.05) is 0 Å². The molecule has 0 aromatic carbocycles. The lowest BCUT2D eigenvalue weighted by Gasteiger charge is -2.33. The number of rotatable bonds is 2. The van der Waals surface area contributed by atoms with E-state index in [1.54, 1.807) is 6.33 Å². The minimum Gasteiger partial charge on any atom is -0.349 e. The Hall–Kier alpha value is -1.65. The van der Waals surface area contributed by atoms with E-state index in [1.807, 2.05) is 11.8 Å². The summed E-state index contributed by atoms with van der Waals surface area (Å²) in [6.45, 7) is 5.80. The van der Waals surface area contributed by atoms with Crippen LogP contribution in [0.4, 0.5) is 5.82 Å². The Labute approximate surface area is 100 Å². The number of hydrogen-bond acceptors (Lipinski definition) is 4. The van der Waals surface area contributed by atoms with E-state index in [4.69, 9.17) is 0 Å². The van der Waals surface area contributed by atoms with E-state index < -0.39 is 0 Å². The summed E-state index contributed by atoms with van der Waals surface area (Å²) >= 11 is 0. The van der Waals surface area contributed by atoms with Crippen molar-refractivity contribution in [1.82, 2.24) is 14.9 Å². The lowest BCUT2D eigenvalue weighted by molar-refractivity contribution is -0.119. The van der Waals surface area contributed by atoms with E-state index in [0.29, 0.717) is 12.1 Å². The quantitative estimate of drug-likeness (QED) is 0.697. The second kappa shape index (κ2) is 3.68. The molecule has 17 heavy (non-hydrogen) atoms. The molecule has 5 heteroatoms. The van der Waals surface area contributed by atoms with Crippen LogP contribution in [-0.2, 0) is 4.79 Å². The van der Waals surface area contributed by atoms with Crippen molar-refractivity contribution in [1.29, 1.82) is 0 Å². The highest BCUT2D eigenvalue weighted by Gasteiger charge is 2.43. The number of nitrogens with zero attached hydrogens (tertiary/aromatic N) is 4. The summed E-state index contributed by atoms with van der Waals surface area (Å²) in [6, 6.07) is 0.797. The number of aromatic nitrogens is 2. The monoisotopic (exact) mass is 232 g/mol. The number of likely N-dealkylation sites (tertiary alicyclic amines) is 1. The second-order valence-corrected chi connectivity index (χ2v) is 4.91. The van der Waals surface area contributed by atoms with Gasteiger partial charge in [0.1, 0.15) is 12.1 Å². The number of piperazine rings is 1. The average Bonchev–Trinajstić information content (AvgIpc) is 2.91. The molecule has 0 saturated carbocycles. The summed E-state index contributed by atoms with van der Waals surface area (Å²) in [5.41, 5.74) is 2.18. The highest BCUT2D eigenvalue weighted by atomic mass is 16.1. The van der Waals surface area contributed by atoms with Crippen LogP contribution in [0.25, 0.3) is 0 Å². The average molecular weight is 232 g/mol. The van der Waals surface area contributed by atoms with Crippen LogP contribution in [-0.4, -0.2) is 46.5 Å². The topological polar surface area (TPSA) is 49.3 Å². The molecule has 2 atom stereocenters. The zero-order valence-electron chi connectivity index (χ0n) is 10.1. The molecule has 1 aromatic rings. The fourth-order valence-corrected chi connectivity index (χ4v) is 2.90. The van der Waals surface area contributed by atoms with Crippen LogP contribution in [0.1, 0.15) is 17.7 Å². The van der Waals surface area contributed by atoms with Crippen LogP contribution in [0.2, 0.25) is 0 Å². The van der Waals surface area contributed by atoms with Gasteiger partial charge in [0, 0.05) is 24.3 Å². The number of fused-ring (bicyclic) bond motifs is 2. The van der Waals surface area contributed by atoms with Crippen molar-refractivity contribution in [2.75, 3.05) is 18.0 Å². The fraction of sp³-hybridized carbons (Fsp3) is 0.583. The Morgan fingerprint density at radius 2 is 2.12 bits per heavy atom. The smallest absolute Gasteiger partial charge is 0.210 e. The molecule has 2 fully saturated rings. The van der Waals surface area contributed by atoms with Gasteiger partial charge in [-0.3, -0.25) is 4.79 Å². The molecule has 0 spiro atoms. The van der Waals surface area contributed by atoms with Gasteiger partial charge in [0.2, 0.25) is 6.41 Å². The second-order valence-electron chi connectivity index (χ2n) is 4.91. The third kappa shape index (κ3) is 1.49. The first-order chi connectivity index (χ1) is 8.20. The van der Waals surface area contributed by atoms with Crippen LogP contribution in [0, 0.1) is 13.8 Å². The van der Waals surface area contributed by atoms with Gasteiger partial charge in [-0.25, -0.2) is 9.97 Å². The summed E-state index contributed by atoms with van der Waals surface area (Å²) in [5.74, 6) is 1.04. The van der Waals surface area contributed by atoms with E-state index in [9.17, 15) is 4.79 Å². The van der Waals surface area contributed by atoms with E-state index in [0.717, 1.165) is 43.0 Å². The van der Waals surface area contributed by atoms with Crippen LogP contribution in [0.5, 0.6) is 0 Å². The van der Waals surface area contributed by atoms with Crippen molar-refractivity contribution in [2.24, 2.45) is 0 Å². The number of carbonyl (C=O) groups is 1. The van der Waals surface area contributed by atoms with E-state index in [2.05, 4.69) is 21.8 Å². The van der Waals surface area contributed by atoms with Crippen LogP contribution >= 0.6 is 0 Å². The fourth-order valence-electron chi connectivity index (χ4n) is 2.90. The summed E-state index contributed by atoms with van der Waals surface area (Å²) < 4.78 is 0. The van der Waals surface area contributed by atoms with Crippen molar-refractivity contribution in [3.63, 3.8) is 0 Å². The third-order valence-electron chi connectivity index (χ3n) is 4.00. The maximum absolute atomic E-state index is 10.8. The number of carbonyl (C=O) groups excluding carboxylic acids is 1. The van der Waals surface area contributed by atoms with Crippen LogP contribution in [0.15, 0.2) is 6.33 Å². The van der Waals surface area contributed by atoms with Gasteiger partial charge in [0.15, 0.2) is 0 Å². The molecule has 2 aliphatic heterocycles. The van der Waals surface area contributed by atoms with E-state index in [-0.39, 0.29) is 0 Å². The molecular weight excluding hydrogens is 216 g/mol. The van der Waals surface area contributed by atoms with Crippen molar-refractivity contribution in [2.45, 2.75) is 32.4 Å². The minimum atomic E-state index is 0.368. The summed E-state index contributed by atoms with van der Waals surface area (Å²) in [7, 11) is 0. The standard InChI is InChI=1S/C12H16N4O/c1-8-9(2)13-6-14-12(8)16-5-10-3-11(16)4-15(10)7-17/h6-7,10-11H,3-5H2,1-2H3. The van der Waals surface area contributed by atoms with Crippen molar-refractivity contribution in [3.8, 4) is 0 Å². The number of anilines is 1. The Morgan fingerprint density at radius 3 is 2.76 bits per heavy atom. The Bertz CT molecular complexity index is 462. The minimum absolute atomic E-state index is 0.368. The molecule has 90 valence electrons. The molecule has 2 aliphatic rings. The predicted octanol–water partition coefficient (Wildman–Crippen LogP) is 0.513. The Morgan fingerprint density at radius 1 is 1.29 bits per heavy atom. The summed E-state index contributed by atoms with van der Waals surface area (Å²) in [4.78, 5) is 23.7. The first-order valence-electron chi connectivity index (χ1n) is 5.96. The van der Waals surface area contributed by atoms with Crippen molar-refractivity contribution < 1.29 is 4.79 Å². The molecule has 2 unspecified atom stereocenters. The maximum Gasteiger partial charge on any atom is 0.210 e. The normalized spacial score (nSPS) is 26.7. The molecule has 0 N–H and O–H groups in total. The van der Waals surface area contributed by atoms with Gasteiger partial charge in [-0.2, -0.15) is 0 Å². The molecule has 0 radical (unpaired) electrons. The molecular formula is C12H16N4O. The molecule has 1 amide bonds. The highest BCUT2D eigenvalue weighted by Crippen LogP contribution is 2.34. The maximum atomic E-state index is 10.8. The molecule has 5 nitrogen and oxygen atoms in total. The molecule has 2 saturated heterocycles. The van der Waals surface area contributed by atoms with Gasteiger partial charge in [0.05, 0.1) is 12.1 Å². The van der Waals surface area contributed by atoms with E-state index in [1.165, 1.54) is 0 Å². The Balaban J connectivity index is 1.89. The van der Waals surface area contributed by atoms with E-state index >= 15 is 0 Å². The van der Waals surface area contributed by atoms with Gasteiger partial charge in [0.25, 0.3) is 0 Å². The summed E-state index contributed by atoms with van der Waals surface area (Å²) in [5, 5.41) is 0. The molecule has 3 rings (SSSR count). The number of amides is 1. The van der Waals surface area contributed by atoms with Crippen molar-refractivity contribution >= 4 is 12.2 Å². The van der Waals surface area contributed by atoms with Gasteiger partial charge >= 0.3 is 0 Å². The number of hydrogen-bond donors (Lipinski definition) is 0. The lowest BCUT2D eigenvalue weighted by atomic mass is 10.2. The molecule has 1 aromatic heterocycles. The molecule has 3 heterocycles. The zero-order chi connectivity index (χ0) is 12.0. The highest BCUT2D eigenvalue weighted by molar-refractivity contribution is 5.55. The lowest BCUT2D eigenvalue weighted by Crippen LogP contribution is -2.46. The van der Waals surface area contributed by atoms with Crippen LogP contribution < -0.4 is 4.90 Å². The predicted molar refractivity (Wildman–Crippen MR) is 63.8 cm³/mol. The van der Waals surface area contributed by atoms with Gasteiger partial charge in [-0.15, -0.1) is 0 Å². The van der Waals surface area contributed by atoms with Gasteiger partial charge < -0.3 is 9.80 Å². The third-order valence-corrected chi connectivity index (χ3v) is 4.00. The SMILES string of the molecule is Cc1ncnc(N2CC3CC2CN3C=O)c1C. The van der Waals surface area contributed by atoms with Crippen molar-refractivity contribution in [3.05, 3.63) is 17.6 Å². The molecule has 0 aliphatic carbocycles. The first-order valence-corrected chi connectivity index (χ1v) is 5.96. The Kier molecular flexibility index (Phi) is 2.28. The van der Waals surface area contributed by atoms with Gasteiger partial charge in [-0.05, 0) is 20.3 Å². The number of aryl methyl sites for hydroxylation is 1. The largest absolute Gasteiger partial charge is 0.349 e.